The lowest BCUT2D eigenvalue weighted by atomic mass is 9.94. The molecule has 0 radical (unpaired) electrons. The molecule has 3 rings (SSSR count). The summed E-state index contributed by atoms with van der Waals surface area (Å²) in [6.07, 6.45) is -7.58. The van der Waals surface area contributed by atoms with Crippen LogP contribution in [0.1, 0.15) is 45.5 Å². The number of hydrazine groups is 1. The van der Waals surface area contributed by atoms with Crippen molar-refractivity contribution in [3.8, 4) is 0 Å². The number of allylic oxidation sites excluding steroid dienone is 1. The number of carbonyl (C=O) groups is 1. The second kappa shape index (κ2) is 12.8. The smallest absolute Gasteiger partial charge is 0.417 e. The van der Waals surface area contributed by atoms with Crippen molar-refractivity contribution in [1.82, 2.24) is 15.4 Å². The highest BCUT2D eigenvalue weighted by molar-refractivity contribution is 6.37. The molecule has 2 N–H and O–H groups in total. The van der Waals surface area contributed by atoms with Crippen LogP contribution in [0.15, 0.2) is 61.4 Å². The second-order valence-electron chi connectivity index (χ2n) is 8.16. The van der Waals surface area contributed by atoms with E-state index in [4.69, 9.17) is 27.9 Å². The Hall–Kier alpha value is -3.84. The summed E-state index contributed by atoms with van der Waals surface area (Å²) >= 11 is 12.2. The van der Waals surface area contributed by atoms with Crippen LogP contribution in [-0.2, 0) is 10.9 Å². The first-order valence-electron chi connectivity index (χ1n) is 11.4. The van der Waals surface area contributed by atoms with Gasteiger partial charge < -0.3 is 4.74 Å². The van der Waals surface area contributed by atoms with Gasteiger partial charge in [0.05, 0.1) is 33.3 Å². The van der Waals surface area contributed by atoms with Gasteiger partial charge in [0, 0.05) is 18.0 Å². The van der Waals surface area contributed by atoms with Gasteiger partial charge in [-0.25, -0.2) is 14.4 Å². The Balaban J connectivity index is 2.00. The number of halogens is 9. The van der Waals surface area contributed by atoms with Gasteiger partial charge in [-0.1, -0.05) is 35.8 Å². The number of anilines is 1. The van der Waals surface area contributed by atoms with E-state index in [9.17, 15) is 31.1 Å². The fraction of sp³-hybridized carbons (Fsp3) is 0.192. The number of amides is 1. The zero-order valence-electron chi connectivity index (χ0n) is 20.8. The maximum atomic E-state index is 15.1. The molecule has 0 fully saturated rings. The van der Waals surface area contributed by atoms with E-state index >= 15 is 4.39 Å². The minimum atomic E-state index is -5.17. The van der Waals surface area contributed by atoms with E-state index in [0.29, 0.717) is 6.07 Å². The summed E-state index contributed by atoms with van der Waals surface area (Å²) in [4.78, 5) is 19.9. The number of carbonyl (C=O) groups excluding carboxylic acids is 1. The summed E-state index contributed by atoms with van der Waals surface area (Å²) in [7, 11) is 0. The van der Waals surface area contributed by atoms with Crippen LogP contribution >= 0.6 is 23.2 Å². The van der Waals surface area contributed by atoms with Crippen LogP contribution in [-0.4, -0.2) is 28.7 Å². The fourth-order valence-electron chi connectivity index (χ4n) is 3.58. The lowest BCUT2D eigenvalue weighted by Gasteiger charge is -2.20. The number of ether oxygens (including phenoxy) is 1. The molecule has 218 valence electrons. The average molecular weight is 623 g/mol. The monoisotopic (exact) mass is 622 g/mol. The van der Waals surface area contributed by atoms with Crippen molar-refractivity contribution in [1.29, 1.82) is 0 Å². The predicted octanol–water partition coefficient (Wildman–Crippen LogP) is 8.22. The molecule has 1 heterocycles. The van der Waals surface area contributed by atoms with Crippen molar-refractivity contribution in [3.63, 3.8) is 0 Å². The lowest BCUT2D eigenvalue weighted by molar-refractivity contribution is -0.140. The lowest BCUT2D eigenvalue weighted by Crippen LogP contribution is -2.32. The molecule has 3 aromatic rings. The van der Waals surface area contributed by atoms with E-state index in [1.54, 1.807) is 6.92 Å². The molecule has 6 nitrogen and oxygen atoms in total. The molecule has 0 aliphatic carbocycles. The van der Waals surface area contributed by atoms with E-state index in [-0.39, 0.29) is 46.1 Å². The fourth-order valence-corrected chi connectivity index (χ4v) is 4.29. The number of benzene rings is 2. The van der Waals surface area contributed by atoms with Gasteiger partial charge in [0.15, 0.2) is 0 Å². The average Bonchev–Trinajstić information content (AvgIpc) is 2.89. The first-order valence-corrected chi connectivity index (χ1v) is 12.2. The van der Waals surface area contributed by atoms with Gasteiger partial charge in [0.25, 0.3) is 5.91 Å². The van der Waals surface area contributed by atoms with Crippen molar-refractivity contribution < 1.29 is 40.3 Å². The van der Waals surface area contributed by atoms with Gasteiger partial charge in [-0.3, -0.25) is 15.6 Å². The summed E-state index contributed by atoms with van der Waals surface area (Å²) < 4.78 is 104. The van der Waals surface area contributed by atoms with E-state index < -0.39 is 52.3 Å². The Morgan fingerprint density at radius 2 is 1.68 bits per heavy atom. The number of hydrogen-bond donors (Lipinski definition) is 2. The maximum Gasteiger partial charge on any atom is 0.417 e. The molecule has 15 heteroatoms. The number of aromatic nitrogens is 2. The number of nitrogens with one attached hydrogen (secondary N) is 2. The molecule has 0 aliphatic heterocycles. The van der Waals surface area contributed by atoms with Crippen molar-refractivity contribution in [2.75, 3.05) is 12.0 Å². The predicted molar refractivity (Wildman–Crippen MR) is 140 cm³/mol. The minimum absolute atomic E-state index is 0.00497. The van der Waals surface area contributed by atoms with Gasteiger partial charge in [0.2, 0.25) is 5.95 Å². The van der Waals surface area contributed by atoms with E-state index in [0.717, 1.165) is 18.2 Å². The third-order valence-electron chi connectivity index (χ3n) is 5.39. The van der Waals surface area contributed by atoms with Crippen LogP contribution in [0.25, 0.3) is 11.6 Å². The molecule has 1 unspecified atom stereocenters. The quantitative estimate of drug-likeness (QED) is 0.143. The van der Waals surface area contributed by atoms with Crippen molar-refractivity contribution >= 4 is 46.6 Å². The second-order valence-corrected chi connectivity index (χ2v) is 8.97. The highest BCUT2D eigenvalue weighted by atomic mass is 35.5. The van der Waals surface area contributed by atoms with Crippen molar-refractivity contribution in [2.45, 2.75) is 25.2 Å². The highest BCUT2D eigenvalue weighted by Crippen LogP contribution is 2.43. The van der Waals surface area contributed by atoms with Crippen LogP contribution in [0.5, 0.6) is 0 Å². The zero-order chi connectivity index (χ0) is 30.5. The summed E-state index contributed by atoms with van der Waals surface area (Å²) in [6, 6.07) is 4.80. The topological polar surface area (TPSA) is 76.1 Å². The molecule has 0 bridgehead atoms. The molecule has 1 atom stereocenters. The van der Waals surface area contributed by atoms with Gasteiger partial charge in [-0.05, 0) is 48.9 Å². The van der Waals surface area contributed by atoms with E-state index in [1.807, 2.05) is 5.43 Å². The Morgan fingerprint density at radius 3 is 2.22 bits per heavy atom. The number of alkyl halides is 6. The Morgan fingerprint density at radius 1 is 1.07 bits per heavy atom. The van der Waals surface area contributed by atoms with Gasteiger partial charge in [0.1, 0.15) is 17.5 Å². The van der Waals surface area contributed by atoms with Crippen LogP contribution in [0.4, 0.5) is 36.7 Å². The largest absolute Gasteiger partial charge is 0.494 e. The summed E-state index contributed by atoms with van der Waals surface area (Å²) in [5.41, 5.74) is 0.231. The number of hydrogen-bond acceptors (Lipinski definition) is 5. The first-order chi connectivity index (χ1) is 19.1. The van der Waals surface area contributed by atoms with Gasteiger partial charge in [-0.15, -0.1) is 0 Å². The third kappa shape index (κ3) is 7.88. The highest BCUT2D eigenvalue weighted by Gasteiger charge is 2.41. The van der Waals surface area contributed by atoms with Crippen LogP contribution in [0.2, 0.25) is 10.0 Å². The number of rotatable bonds is 9. The molecule has 1 amide bonds. The molecule has 41 heavy (non-hydrogen) atoms. The molecule has 0 spiro atoms. The maximum absolute atomic E-state index is 15.1. The molecule has 0 aliphatic rings. The number of nitrogens with zero attached hydrogens (tertiary/aromatic N) is 2. The zero-order valence-corrected chi connectivity index (χ0v) is 22.3. The van der Waals surface area contributed by atoms with Crippen LogP contribution < -0.4 is 10.9 Å². The molecule has 0 saturated heterocycles. The van der Waals surface area contributed by atoms with Crippen LogP contribution in [0.3, 0.4) is 0 Å². The summed E-state index contributed by atoms with van der Waals surface area (Å²) in [5.74, 6) is -5.72. The standard InChI is InChI=1S/C26H19Cl2F7N4O2/c1-3-41-13(2)22-19(27)10-15(11-20(22)28)17(25(30,31)32)12-21(29)14-5-6-16(18(9-14)26(33,34)35)23(40)38-39-24-36-7-4-8-37-24/h4-12,17H,2-3H2,1H3,(H,38,40)(H,36,37,39)/b21-12-. The minimum Gasteiger partial charge on any atom is -0.494 e. The Bertz CT molecular complexity index is 1440. The van der Waals surface area contributed by atoms with Crippen molar-refractivity contribution in [3.05, 3.63) is 99.3 Å². The Kier molecular flexibility index (Phi) is 9.87. The normalized spacial score (nSPS) is 13.0. The third-order valence-corrected chi connectivity index (χ3v) is 5.98. The molecular weight excluding hydrogens is 604 g/mol. The molecule has 0 saturated carbocycles. The molecule has 1 aromatic heterocycles. The first kappa shape index (κ1) is 31.7. The van der Waals surface area contributed by atoms with E-state index in [2.05, 4.69) is 22.0 Å². The van der Waals surface area contributed by atoms with Crippen LogP contribution in [0, 0.1) is 0 Å². The van der Waals surface area contributed by atoms with Gasteiger partial charge >= 0.3 is 12.4 Å². The Labute approximate surface area is 238 Å². The van der Waals surface area contributed by atoms with Gasteiger partial charge in [-0.2, -0.15) is 26.3 Å². The SMILES string of the molecule is C=C(OCC)c1c(Cl)cc(C(/C=C(\F)c2ccc(C(=O)NNc3ncccn3)c(C(F)(F)F)c2)C(F)(F)F)cc1Cl. The molecular formula is C26H19Cl2F7N4O2. The summed E-state index contributed by atoms with van der Waals surface area (Å²) in [5, 5.41) is -0.531. The van der Waals surface area contributed by atoms with Crippen molar-refractivity contribution in [2.24, 2.45) is 0 Å². The van der Waals surface area contributed by atoms with E-state index in [1.165, 1.54) is 18.5 Å². The summed E-state index contributed by atoms with van der Waals surface area (Å²) in [6.45, 7) is 5.41. The molecule has 2 aromatic carbocycles.